The smallest absolute Gasteiger partial charge is 0.217 e. The van der Waals surface area contributed by atoms with E-state index in [4.69, 9.17) is 66.3 Å². The third-order valence-corrected chi connectivity index (χ3v) is 16.8. The molecule has 0 bridgehead atoms. The average Bonchev–Trinajstić information content (AvgIpc) is 0.945. The molecule has 1 amide bonds. The zero-order valence-electron chi connectivity index (χ0n) is 47.7. The molecule has 88 heavy (non-hydrogen) atoms. The van der Waals surface area contributed by atoms with Crippen molar-refractivity contribution in [1.82, 2.24) is 5.32 Å². The molecule has 0 radical (unpaired) electrons. The van der Waals surface area contributed by atoms with E-state index < -0.39 is 285 Å². The molecule has 15 unspecified atom stereocenters. The number of hydrogen-bond donors (Lipinski definition) is 21. The van der Waals surface area contributed by atoms with Crippen LogP contribution in [0.2, 0.25) is 0 Å². The van der Waals surface area contributed by atoms with Crippen molar-refractivity contribution in [1.29, 1.82) is 0 Å². The molecular weight excluding hydrogens is 1210 g/mol. The monoisotopic (exact) mass is 1290 g/mol. The van der Waals surface area contributed by atoms with Crippen LogP contribution in [0.3, 0.4) is 0 Å². The minimum atomic E-state index is -3.15. The number of rotatable bonds is 24. The molecule has 7 fully saturated rings. The molecule has 7 rings (SSSR count). The predicted octanol–water partition coefficient (Wildman–Crippen LogP) is -15.3. The fourth-order valence-electron chi connectivity index (χ4n) is 11.7. The van der Waals surface area contributed by atoms with Gasteiger partial charge in [-0.1, -0.05) is 6.92 Å². The number of amides is 1. The lowest BCUT2D eigenvalue weighted by atomic mass is 9.84. The first-order valence-corrected chi connectivity index (χ1v) is 28.3. The normalized spacial score (nSPS) is 49.4. The molecule has 7 aliphatic heterocycles. The zero-order valence-corrected chi connectivity index (χ0v) is 47.7. The number of hydrogen-bond acceptors (Lipinski definition) is 37. The summed E-state index contributed by atoms with van der Waals surface area (Å²) in [4.78, 5) is 25.6. The molecule has 7 saturated heterocycles. The fourth-order valence-corrected chi connectivity index (χ4v) is 11.7. The van der Waals surface area contributed by atoms with Gasteiger partial charge in [0.25, 0.3) is 0 Å². The molecule has 36 atom stereocenters. The van der Waals surface area contributed by atoms with Gasteiger partial charge in [0.2, 0.25) is 11.7 Å². The average molecular weight is 1290 g/mol. The summed E-state index contributed by atoms with van der Waals surface area (Å²) in [5, 5.41) is 232. The molecular formula is C50H84NO37-. The summed E-state index contributed by atoms with van der Waals surface area (Å²) in [7, 11) is 1.07. The van der Waals surface area contributed by atoms with Crippen LogP contribution in [0, 0.1) is 5.92 Å². The number of carboxylic acid groups (broad SMARTS) is 1. The van der Waals surface area contributed by atoms with Gasteiger partial charge < -0.3 is 184 Å². The van der Waals surface area contributed by atoms with Crippen LogP contribution in [0.4, 0.5) is 0 Å². The Kier molecular flexibility index (Phi) is 25.9. The van der Waals surface area contributed by atoms with Crippen LogP contribution in [-0.2, 0) is 75.9 Å². The number of carboxylic acids is 1. The molecule has 0 aromatic heterocycles. The molecule has 7 aliphatic rings. The Labute approximate surface area is 500 Å². The van der Waals surface area contributed by atoms with E-state index in [-0.39, 0.29) is 0 Å². The van der Waals surface area contributed by atoms with Gasteiger partial charge >= 0.3 is 0 Å². The van der Waals surface area contributed by atoms with E-state index in [2.05, 4.69) is 5.32 Å². The van der Waals surface area contributed by atoms with E-state index in [0.29, 0.717) is 0 Å². The third kappa shape index (κ3) is 15.2. The number of nitrogens with one attached hydrogen (secondary N) is 1. The quantitative estimate of drug-likeness (QED) is 0.0427. The van der Waals surface area contributed by atoms with E-state index in [1.807, 2.05) is 0 Å². The SMILES string of the molecule is CO[C@@H]1C(CO[C@@H]2OC(CO)[C@@H](O[C@@H]3OC(CO)[C@H](O)[C@H](O[C@]4(C(=O)[O-])C[C@@H](O)[C@@H](C)C(C(O)C(O)CO)O4)C3O)[C@H](O)C2NC(C)=O)O[C@H](O[C@H]2C(CO)O[C@@H](O[C@@H]3C(CO)O[C@@H](C)C(O)[C@H]3O)C(O)[C@H]2O[C@@H]2OC(CO)[C@@H](O)[C@H](O)C2O)C(O)[C@H]1O. The summed E-state index contributed by atoms with van der Waals surface area (Å²) in [6, 6.07) is -1.76. The molecule has 7 heterocycles. The van der Waals surface area contributed by atoms with Crippen LogP contribution in [-0.4, -0.2) is 382 Å². The first kappa shape index (κ1) is 73.0. The second-order valence-electron chi connectivity index (χ2n) is 22.6. The molecule has 0 aromatic carbocycles. The minimum Gasteiger partial charge on any atom is -0.544 e. The topological polar surface area (TPSA) is 603 Å². The van der Waals surface area contributed by atoms with Crippen LogP contribution in [0.15, 0.2) is 0 Å². The Bertz CT molecular complexity index is 2180. The van der Waals surface area contributed by atoms with E-state index in [9.17, 15) is 117 Å². The maximum Gasteiger partial charge on any atom is 0.217 e. The summed E-state index contributed by atoms with van der Waals surface area (Å²) in [6.07, 6.45) is -63.7. The summed E-state index contributed by atoms with van der Waals surface area (Å²) < 4.78 is 81.2. The van der Waals surface area contributed by atoms with Gasteiger partial charge in [-0.05, 0) is 6.92 Å². The maximum absolute atomic E-state index is 12.8. The highest BCUT2D eigenvalue weighted by Gasteiger charge is 2.60. The third-order valence-electron chi connectivity index (χ3n) is 16.8. The number of aliphatic hydroxyl groups excluding tert-OH is 20. The van der Waals surface area contributed by atoms with E-state index in [1.54, 1.807) is 0 Å². The number of carbonyl (C=O) groups is 2. The summed E-state index contributed by atoms with van der Waals surface area (Å²) >= 11 is 0. The highest BCUT2D eigenvalue weighted by Crippen LogP contribution is 2.41. The molecule has 0 aromatic rings. The second-order valence-corrected chi connectivity index (χ2v) is 22.6. The van der Waals surface area contributed by atoms with Gasteiger partial charge in [-0.25, -0.2) is 0 Å². The zero-order chi connectivity index (χ0) is 65.1. The first-order valence-electron chi connectivity index (χ1n) is 28.3. The van der Waals surface area contributed by atoms with Gasteiger partial charge in [0.15, 0.2) is 31.5 Å². The number of aliphatic hydroxyl groups is 20. The molecule has 38 heteroatoms. The van der Waals surface area contributed by atoms with Crippen LogP contribution < -0.4 is 10.4 Å². The van der Waals surface area contributed by atoms with Gasteiger partial charge in [0, 0.05) is 26.4 Å². The Morgan fingerprint density at radius 1 is 0.523 bits per heavy atom. The van der Waals surface area contributed by atoms with E-state index in [1.165, 1.54) is 13.8 Å². The van der Waals surface area contributed by atoms with E-state index >= 15 is 0 Å². The number of carbonyl (C=O) groups excluding carboxylic acids is 2. The van der Waals surface area contributed by atoms with Gasteiger partial charge in [0.1, 0.15) is 165 Å². The van der Waals surface area contributed by atoms with Crippen molar-refractivity contribution in [2.45, 2.75) is 241 Å². The first-order chi connectivity index (χ1) is 41.6. The van der Waals surface area contributed by atoms with Crippen LogP contribution in [0.1, 0.15) is 27.2 Å². The number of ether oxygens (including phenoxy) is 14. The lowest BCUT2D eigenvalue weighted by molar-refractivity contribution is -0.413. The van der Waals surface area contributed by atoms with Gasteiger partial charge in [0.05, 0.1) is 64.6 Å². The summed E-state index contributed by atoms with van der Waals surface area (Å²) in [5.74, 6) is -7.37. The molecule has 0 saturated carbocycles. The van der Waals surface area contributed by atoms with Crippen molar-refractivity contribution in [3.8, 4) is 0 Å². The van der Waals surface area contributed by atoms with Crippen molar-refractivity contribution >= 4 is 11.9 Å². The van der Waals surface area contributed by atoms with Gasteiger partial charge in [-0.2, -0.15) is 0 Å². The summed E-state index contributed by atoms with van der Waals surface area (Å²) in [5.41, 5.74) is 0. The highest BCUT2D eigenvalue weighted by atomic mass is 16.8. The van der Waals surface area contributed by atoms with Crippen molar-refractivity contribution in [2.24, 2.45) is 5.92 Å². The van der Waals surface area contributed by atoms with Crippen LogP contribution in [0.25, 0.3) is 0 Å². The minimum absolute atomic E-state index is 0.802. The largest absolute Gasteiger partial charge is 0.544 e. The predicted molar refractivity (Wildman–Crippen MR) is 269 cm³/mol. The molecule has 0 aliphatic carbocycles. The standard InChI is InChI=1S/C50H85NO37/c1-13-16(59)5-50(49(73)74,87-37(13)26(62)17(60)6-52)88-42-28(64)19(8-54)79-47(35(42)71)83-39-21(10-56)80-44(24(29(39)65)51-15(3)58)76-12-23-38(75-4)32(68)34(70)46(82-23)85-41-22(11-57)81-48(84-40-20(9-55)77-14(2)25(61)31(40)67)36(72)43(41)86-45-33(69)30(66)27(63)18(7-53)78-45/h13-14,16-48,52-57,59-72H,5-12H2,1-4H3,(H,51,58)(H,73,74)/p-1/t13-,14+,16-,17?,18?,19?,20?,21?,22?,23?,24?,25?,26?,27-,28+,29-,30+,31-,32-,33?,34?,35?,36?,37?,38-,39-,40-,41+,42+,43-,44-,45+,46-,47+,48+,50+/m1/s1. The van der Waals surface area contributed by atoms with Crippen molar-refractivity contribution in [2.75, 3.05) is 53.4 Å². The number of aliphatic carboxylic acids is 1. The lowest BCUT2D eigenvalue weighted by Gasteiger charge is -2.52. The van der Waals surface area contributed by atoms with Crippen LogP contribution >= 0.6 is 0 Å². The molecule has 38 nitrogen and oxygen atoms in total. The maximum atomic E-state index is 12.8. The van der Waals surface area contributed by atoms with Crippen molar-refractivity contribution in [3.63, 3.8) is 0 Å². The number of methoxy groups -OCH3 is 1. The Hall–Kier alpha value is -2.42. The Morgan fingerprint density at radius 3 is 1.52 bits per heavy atom. The lowest BCUT2D eigenvalue weighted by Crippen LogP contribution is -2.70. The van der Waals surface area contributed by atoms with Crippen molar-refractivity contribution in [3.05, 3.63) is 0 Å². The Morgan fingerprint density at radius 2 is 0.977 bits per heavy atom. The van der Waals surface area contributed by atoms with E-state index in [0.717, 1.165) is 14.0 Å². The van der Waals surface area contributed by atoms with Gasteiger partial charge in [-0.15, -0.1) is 0 Å². The fraction of sp³-hybridized carbons (Fsp3) is 0.960. The molecule has 512 valence electrons. The molecule has 21 N–H and O–H groups in total. The molecule has 0 spiro atoms. The Balaban J connectivity index is 1.11. The van der Waals surface area contributed by atoms with Gasteiger partial charge in [-0.3, -0.25) is 4.79 Å². The second kappa shape index (κ2) is 31.2. The van der Waals surface area contributed by atoms with Crippen molar-refractivity contribution < 1.29 is 183 Å². The highest BCUT2D eigenvalue weighted by molar-refractivity contribution is 5.74. The summed E-state index contributed by atoms with van der Waals surface area (Å²) in [6.45, 7) is -3.20. The van der Waals surface area contributed by atoms with Crippen LogP contribution in [0.5, 0.6) is 0 Å².